The zero-order chi connectivity index (χ0) is 15.5. The van der Waals surface area contributed by atoms with Crippen LogP contribution in [0.5, 0.6) is 5.75 Å². The third kappa shape index (κ3) is 6.71. The molecule has 3 nitrogen and oxygen atoms in total. The summed E-state index contributed by atoms with van der Waals surface area (Å²) in [5.74, 6) is -0.896. The van der Waals surface area contributed by atoms with Crippen molar-refractivity contribution in [2.45, 2.75) is 25.1 Å². The van der Waals surface area contributed by atoms with E-state index in [0.717, 1.165) is 6.07 Å². The summed E-state index contributed by atoms with van der Waals surface area (Å²) < 4.78 is 51.5. The van der Waals surface area contributed by atoms with Gasteiger partial charge in [-0.25, -0.2) is 4.39 Å². The van der Waals surface area contributed by atoms with Gasteiger partial charge in [0.1, 0.15) is 11.6 Å². The summed E-state index contributed by atoms with van der Waals surface area (Å²) in [6, 6.07) is 2.99. The highest BCUT2D eigenvalue weighted by Crippen LogP contribution is 2.33. The van der Waals surface area contributed by atoms with Gasteiger partial charge in [-0.3, -0.25) is 4.90 Å². The summed E-state index contributed by atoms with van der Waals surface area (Å²) in [6.07, 6.45) is -5.41. The number of nitrogens with zero attached hydrogens (tertiary/aromatic N) is 1. The number of phenols is 1. The van der Waals surface area contributed by atoms with Gasteiger partial charge in [0.05, 0.1) is 0 Å². The lowest BCUT2D eigenvalue weighted by molar-refractivity contribution is -0.138. The zero-order valence-corrected chi connectivity index (χ0v) is 13.9. The molecule has 2 rings (SSSR count). The fourth-order valence-corrected chi connectivity index (χ4v) is 2.62. The standard InChI is InChI=1S/C14H18F4N2O.2ClH/c15-12-9-10(21)1-2-11(12)13(3-4-14(16,17)18)20-7-5-19-6-8-20;;/h1-2,9,13,19,21H,3-8H2;2*1H/t13-;;/m1../s1. The van der Waals surface area contributed by atoms with Gasteiger partial charge in [-0.1, -0.05) is 6.07 Å². The molecule has 1 saturated heterocycles. The predicted octanol–water partition coefficient (Wildman–Crippen LogP) is 3.66. The first-order chi connectivity index (χ1) is 9.87. The van der Waals surface area contributed by atoms with Crippen LogP contribution in [0.15, 0.2) is 18.2 Å². The van der Waals surface area contributed by atoms with E-state index in [2.05, 4.69) is 5.32 Å². The SMILES string of the molecule is Cl.Cl.Oc1ccc([C@@H](CCC(F)(F)F)N2CCNCC2)c(F)c1. The molecule has 0 spiro atoms. The fraction of sp³-hybridized carbons (Fsp3) is 0.571. The van der Waals surface area contributed by atoms with Crippen LogP contribution in [0.2, 0.25) is 0 Å². The van der Waals surface area contributed by atoms with Crippen molar-refractivity contribution in [3.05, 3.63) is 29.6 Å². The Morgan fingerprint density at radius 3 is 2.30 bits per heavy atom. The van der Waals surface area contributed by atoms with Gasteiger partial charge in [-0.15, -0.1) is 24.8 Å². The Morgan fingerprint density at radius 1 is 1.17 bits per heavy atom. The van der Waals surface area contributed by atoms with Crippen LogP contribution in [0, 0.1) is 5.82 Å². The minimum Gasteiger partial charge on any atom is -0.508 e. The van der Waals surface area contributed by atoms with Crippen molar-refractivity contribution in [3.8, 4) is 5.75 Å². The molecule has 0 unspecified atom stereocenters. The maximum absolute atomic E-state index is 14.0. The molecule has 0 radical (unpaired) electrons. The van der Waals surface area contributed by atoms with Gasteiger partial charge >= 0.3 is 6.18 Å². The Kier molecular flexibility index (Phi) is 9.20. The number of aromatic hydroxyl groups is 1. The fourth-order valence-electron chi connectivity index (χ4n) is 2.62. The van der Waals surface area contributed by atoms with E-state index >= 15 is 0 Å². The first-order valence-corrected chi connectivity index (χ1v) is 6.87. The van der Waals surface area contributed by atoms with Crippen molar-refractivity contribution in [3.63, 3.8) is 0 Å². The molecule has 9 heteroatoms. The van der Waals surface area contributed by atoms with Gasteiger partial charge in [-0.2, -0.15) is 13.2 Å². The number of hydrogen-bond donors (Lipinski definition) is 2. The molecule has 23 heavy (non-hydrogen) atoms. The van der Waals surface area contributed by atoms with E-state index in [1.807, 2.05) is 4.90 Å². The van der Waals surface area contributed by atoms with Crippen LogP contribution in [0.4, 0.5) is 17.6 Å². The highest BCUT2D eigenvalue weighted by atomic mass is 35.5. The number of alkyl halides is 3. The van der Waals surface area contributed by atoms with Gasteiger partial charge < -0.3 is 10.4 Å². The van der Waals surface area contributed by atoms with E-state index in [1.54, 1.807) is 0 Å². The van der Waals surface area contributed by atoms with E-state index in [0.29, 0.717) is 26.2 Å². The van der Waals surface area contributed by atoms with Crippen molar-refractivity contribution in [2.75, 3.05) is 26.2 Å². The normalized spacial score (nSPS) is 17.0. The highest BCUT2D eigenvalue weighted by molar-refractivity contribution is 5.85. The molecule has 0 saturated carbocycles. The Bertz CT molecular complexity index is 482. The average Bonchev–Trinajstić information content (AvgIpc) is 2.41. The highest BCUT2D eigenvalue weighted by Gasteiger charge is 2.32. The second-order valence-electron chi connectivity index (χ2n) is 5.16. The molecule has 1 aliphatic rings. The van der Waals surface area contributed by atoms with Crippen LogP contribution in [0.25, 0.3) is 0 Å². The van der Waals surface area contributed by atoms with Crippen LogP contribution in [0.1, 0.15) is 24.4 Å². The van der Waals surface area contributed by atoms with Crippen molar-refractivity contribution in [1.29, 1.82) is 0 Å². The third-order valence-electron chi connectivity index (χ3n) is 3.64. The number of phenolic OH excluding ortho intramolecular Hbond substituents is 1. The van der Waals surface area contributed by atoms with Crippen molar-refractivity contribution < 1.29 is 22.7 Å². The molecule has 0 bridgehead atoms. The van der Waals surface area contributed by atoms with E-state index in [1.165, 1.54) is 12.1 Å². The second kappa shape index (κ2) is 9.52. The number of rotatable bonds is 4. The molecule has 1 aromatic carbocycles. The molecule has 0 aliphatic carbocycles. The van der Waals surface area contributed by atoms with Gasteiger partial charge in [0.2, 0.25) is 0 Å². The maximum Gasteiger partial charge on any atom is 0.389 e. The molecule has 1 atom stereocenters. The minimum atomic E-state index is -4.26. The minimum absolute atomic E-state index is 0. The third-order valence-corrected chi connectivity index (χ3v) is 3.64. The molecular formula is C14H20Cl2F4N2O. The molecule has 134 valence electrons. The number of nitrogens with one attached hydrogen (secondary N) is 1. The van der Waals surface area contributed by atoms with Crippen molar-refractivity contribution >= 4 is 24.8 Å². The van der Waals surface area contributed by atoms with Gasteiger partial charge in [0.25, 0.3) is 0 Å². The molecule has 2 N–H and O–H groups in total. The number of hydrogen-bond acceptors (Lipinski definition) is 3. The molecule has 1 heterocycles. The van der Waals surface area contributed by atoms with Crippen LogP contribution < -0.4 is 5.32 Å². The van der Waals surface area contributed by atoms with Crippen molar-refractivity contribution in [1.82, 2.24) is 10.2 Å². The smallest absolute Gasteiger partial charge is 0.389 e. The summed E-state index contributed by atoms with van der Waals surface area (Å²) in [5.41, 5.74) is 0.207. The van der Waals surface area contributed by atoms with E-state index in [9.17, 15) is 22.7 Å². The van der Waals surface area contributed by atoms with Gasteiger partial charge in [-0.05, 0) is 12.5 Å². The lowest BCUT2D eigenvalue weighted by Crippen LogP contribution is -2.45. The van der Waals surface area contributed by atoms with Crippen molar-refractivity contribution in [2.24, 2.45) is 0 Å². The van der Waals surface area contributed by atoms with E-state index in [-0.39, 0.29) is 42.5 Å². The molecular weight excluding hydrogens is 359 g/mol. The van der Waals surface area contributed by atoms with Gasteiger partial charge in [0, 0.05) is 50.3 Å². The maximum atomic E-state index is 14.0. The number of halogens is 6. The lowest BCUT2D eigenvalue weighted by atomic mass is 9.98. The van der Waals surface area contributed by atoms with Crippen LogP contribution in [0.3, 0.4) is 0 Å². The summed E-state index contributed by atoms with van der Waals surface area (Å²) in [7, 11) is 0. The summed E-state index contributed by atoms with van der Waals surface area (Å²) in [5, 5.41) is 12.4. The molecule has 1 fully saturated rings. The van der Waals surface area contributed by atoms with Crippen LogP contribution in [-0.4, -0.2) is 42.4 Å². The largest absolute Gasteiger partial charge is 0.508 e. The Balaban J connectivity index is 0.00000242. The Hall–Kier alpha value is -0.760. The predicted molar refractivity (Wildman–Crippen MR) is 85.0 cm³/mol. The quantitative estimate of drug-likeness (QED) is 0.784. The average molecular weight is 379 g/mol. The first-order valence-electron chi connectivity index (χ1n) is 6.87. The molecule has 1 aromatic rings. The van der Waals surface area contributed by atoms with Gasteiger partial charge in [0.15, 0.2) is 0 Å². The van der Waals surface area contributed by atoms with E-state index in [4.69, 9.17) is 0 Å². The Morgan fingerprint density at radius 2 is 1.78 bits per heavy atom. The Labute approximate surface area is 144 Å². The van der Waals surface area contributed by atoms with Crippen LogP contribution >= 0.6 is 24.8 Å². The monoisotopic (exact) mass is 378 g/mol. The summed E-state index contributed by atoms with van der Waals surface area (Å²) in [4.78, 5) is 1.86. The lowest BCUT2D eigenvalue weighted by Gasteiger charge is -2.35. The molecule has 0 amide bonds. The van der Waals surface area contributed by atoms with E-state index < -0.39 is 24.5 Å². The first kappa shape index (κ1) is 22.2. The number of piperazine rings is 1. The molecule has 1 aliphatic heterocycles. The summed E-state index contributed by atoms with van der Waals surface area (Å²) in [6.45, 7) is 2.48. The topological polar surface area (TPSA) is 35.5 Å². The summed E-state index contributed by atoms with van der Waals surface area (Å²) >= 11 is 0. The molecule has 0 aromatic heterocycles. The zero-order valence-electron chi connectivity index (χ0n) is 12.3. The number of benzene rings is 1. The second-order valence-corrected chi connectivity index (χ2v) is 5.16. The van der Waals surface area contributed by atoms with Crippen LogP contribution in [-0.2, 0) is 0 Å².